The van der Waals surface area contributed by atoms with Gasteiger partial charge >= 0.3 is 0 Å². The van der Waals surface area contributed by atoms with Crippen LogP contribution in [0.2, 0.25) is 0 Å². The van der Waals surface area contributed by atoms with Crippen LogP contribution in [0.3, 0.4) is 0 Å². The van der Waals surface area contributed by atoms with Gasteiger partial charge in [0.1, 0.15) is 23.6 Å². The van der Waals surface area contributed by atoms with Gasteiger partial charge in [0.05, 0.1) is 18.3 Å². The maximum absolute atomic E-state index is 5.79. The van der Waals surface area contributed by atoms with Crippen LogP contribution in [0.1, 0.15) is 5.69 Å². The van der Waals surface area contributed by atoms with Gasteiger partial charge in [-0.15, -0.1) is 0 Å². The number of para-hydroxylation sites is 1. The Balaban J connectivity index is 1.35. The summed E-state index contributed by atoms with van der Waals surface area (Å²) in [4.78, 5) is 13.1. The fourth-order valence-corrected chi connectivity index (χ4v) is 3.37. The van der Waals surface area contributed by atoms with Crippen molar-refractivity contribution < 1.29 is 9.47 Å². The average Bonchev–Trinajstić information content (AvgIpc) is 3.16. The van der Waals surface area contributed by atoms with Crippen LogP contribution in [0.4, 0.5) is 5.82 Å². The number of ether oxygens (including phenoxy) is 2. The number of hydrogen-bond acceptors (Lipinski definition) is 7. The van der Waals surface area contributed by atoms with E-state index in [9.17, 15) is 0 Å². The second-order valence-corrected chi connectivity index (χ2v) is 6.62. The molecule has 1 N–H and O–H groups in total. The monoisotopic (exact) mass is 378 g/mol. The molecule has 0 atom stereocenters. The highest BCUT2D eigenvalue weighted by molar-refractivity contribution is 7.11. The van der Waals surface area contributed by atoms with Gasteiger partial charge in [-0.05, 0) is 36.4 Å². The molecule has 136 valence electrons. The zero-order valence-corrected chi connectivity index (χ0v) is 15.6. The molecule has 27 heavy (non-hydrogen) atoms. The van der Waals surface area contributed by atoms with E-state index in [4.69, 9.17) is 9.47 Å². The van der Waals surface area contributed by atoms with Crippen molar-refractivity contribution in [2.24, 2.45) is 0 Å². The van der Waals surface area contributed by atoms with Gasteiger partial charge in [-0.3, -0.25) is 0 Å². The minimum Gasteiger partial charge on any atom is -0.497 e. The van der Waals surface area contributed by atoms with Crippen LogP contribution in [0.15, 0.2) is 60.2 Å². The molecule has 7 heteroatoms. The van der Waals surface area contributed by atoms with Crippen LogP contribution in [0, 0.1) is 0 Å². The lowest BCUT2D eigenvalue weighted by Crippen LogP contribution is -2.07. The van der Waals surface area contributed by atoms with E-state index in [-0.39, 0.29) is 0 Å². The number of nitrogens with one attached hydrogen (secondary N) is 1. The van der Waals surface area contributed by atoms with Gasteiger partial charge in [-0.2, -0.15) is 0 Å². The summed E-state index contributed by atoms with van der Waals surface area (Å²) in [6.07, 6.45) is 2.36. The molecule has 0 bridgehead atoms. The molecule has 4 aromatic rings. The quantitative estimate of drug-likeness (QED) is 0.509. The van der Waals surface area contributed by atoms with E-state index < -0.39 is 0 Å². The predicted molar refractivity (Wildman–Crippen MR) is 107 cm³/mol. The number of rotatable bonds is 7. The molecule has 0 unspecified atom stereocenters. The van der Waals surface area contributed by atoms with E-state index in [0.29, 0.717) is 5.19 Å². The lowest BCUT2D eigenvalue weighted by molar-refractivity contribution is 0.412. The molecule has 2 aromatic carbocycles. The largest absolute Gasteiger partial charge is 0.497 e. The number of anilines is 1. The second-order valence-electron chi connectivity index (χ2n) is 5.80. The molecule has 0 saturated heterocycles. The van der Waals surface area contributed by atoms with E-state index in [2.05, 4.69) is 20.3 Å². The Hall–Kier alpha value is -3.19. The minimum absolute atomic E-state index is 0.627. The molecule has 4 rings (SSSR count). The number of hydrogen-bond donors (Lipinski definition) is 1. The van der Waals surface area contributed by atoms with Gasteiger partial charge < -0.3 is 14.8 Å². The third kappa shape index (κ3) is 4.15. The number of fused-ring (bicyclic) bond motifs is 1. The van der Waals surface area contributed by atoms with Crippen molar-refractivity contribution in [2.45, 2.75) is 6.42 Å². The third-order valence-corrected chi connectivity index (χ3v) is 4.78. The first-order valence-corrected chi connectivity index (χ1v) is 9.40. The third-order valence-electron chi connectivity index (χ3n) is 4.01. The molecule has 0 aliphatic rings. The fourth-order valence-electron chi connectivity index (χ4n) is 2.65. The van der Waals surface area contributed by atoms with Crippen molar-refractivity contribution in [1.82, 2.24) is 15.0 Å². The van der Waals surface area contributed by atoms with E-state index >= 15 is 0 Å². The second kappa shape index (κ2) is 8.01. The molecule has 0 spiro atoms. The zero-order chi connectivity index (χ0) is 18.5. The zero-order valence-electron chi connectivity index (χ0n) is 14.8. The van der Waals surface area contributed by atoms with E-state index in [1.807, 2.05) is 53.9 Å². The molecule has 2 heterocycles. The highest BCUT2D eigenvalue weighted by Crippen LogP contribution is 2.27. The van der Waals surface area contributed by atoms with Crippen LogP contribution < -0.4 is 14.8 Å². The predicted octanol–water partition coefficient (Wildman–Crippen LogP) is 4.54. The lowest BCUT2D eigenvalue weighted by Gasteiger charge is -2.07. The fraction of sp³-hybridized carbons (Fsp3) is 0.150. The first-order valence-electron chi connectivity index (χ1n) is 8.52. The Morgan fingerprint density at radius 1 is 1.00 bits per heavy atom. The van der Waals surface area contributed by atoms with E-state index in [1.165, 1.54) is 11.3 Å². The Morgan fingerprint density at radius 3 is 2.67 bits per heavy atom. The summed E-state index contributed by atoms with van der Waals surface area (Å²) >= 11 is 1.49. The van der Waals surface area contributed by atoms with Gasteiger partial charge in [-0.25, -0.2) is 15.0 Å². The Kier molecular flexibility index (Phi) is 5.11. The number of aromatic nitrogens is 3. The summed E-state index contributed by atoms with van der Waals surface area (Å²) in [5, 5.41) is 7.02. The minimum atomic E-state index is 0.627. The van der Waals surface area contributed by atoms with Gasteiger partial charge in [-0.1, -0.05) is 23.5 Å². The van der Waals surface area contributed by atoms with Crippen molar-refractivity contribution >= 4 is 28.1 Å². The summed E-state index contributed by atoms with van der Waals surface area (Å²) < 4.78 is 10.9. The maximum atomic E-state index is 5.79. The molecule has 0 aliphatic carbocycles. The molecule has 0 saturated carbocycles. The maximum Gasteiger partial charge on any atom is 0.278 e. The van der Waals surface area contributed by atoms with Crippen LogP contribution in [-0.4, -0.2) is 28.6 Å². The summed E-state index contributed by atoms with van der Waals surface area (Å²) in [5.74, 6) is 2.37. The normalized spacial score (nSPS) is 10.7. The molecule has 0 fully saturated rings. The van der Waals surface area contributed by atoms with E-state index in [1.54, 1.807) is 13.4 Å². The smallest absolute Gasteiger partial charge is 0.278 e. The standard InChI is InChI=1S/C20H18N4O2S/c1-25-15-6-8-16(9-7-15)26-20-24-14(12-27-20)10-11-21-19-17-4-2-3-5-18(17)22-13-23-19/h2-9,12-13H,10-11H2,1H3,(H,21,22,23). The number of benzene rings is 2. The summed E-state index contributed by atoms with van der Waals surface area (Å²) in [7, 11) is 1.64. The van der Waals surface area contributed by atoms with Crippen LogP contribution in [0.25, 0.3) is 10.9 Å². The molecular formula is C20H18N4O2S. The van der Waals surface area contributed by atoms with Crippen molar-refractivity contribution in [3.05, 3.63) is 65.9 Å². The molecule has 2 aromatic heterocycles. The van der Waals surface area contributed by atoms with Crippen LogP contribution in [0.5, 0.6) is 16.7 Å². The van der Waals surface area contributed by atoms with Crippen molar-refractivity contribution in [2.75, 3.05) is 19.0 Å². The van der Waals surface area contributed by atoms with Gasteiger partial charge in [0.15, 0.2) is 0 Å². The first kappa shape index (κ1) is 17.2. The van der Waals surface area contributed by atoms with Gasteiger partial charge in [0.2, 0.25) is 0 Å². The van der Waals surface area contributed by atoms with Crippen LogP contribution in [-0.2, 0) is 6.42 Å². The SMILES string of the molecule is COc1ccc(Oc2nc(CCNc3ncnc4ccccc34)cs2)cc1. The Bertz CT molecular complexity index is 1030. The molecular weight excluding hydrogens is 360 g/mol. The number of methoxy groups -OCH3 is 1. The average molecular weight is 378 g/mol. The van der Waals surface area contributed by atoms with Crippen molar-refractivity contribution in [3.63, 3.8) is 0 Å². The summed E-state index contributed by atoms with van der Waals surface area (Å²) in [5.41, 5.74) is 1.91. The first-order chi connectivity index (χ1) is 13.3. The Morgan fingerprint density at radius 2 is 1.81 bits per heavy atom. The highest BCUT2D eigenvalue weighted by Gasteiger charge is 2.06. The molecule has 0 radical (unpaired) electrons. The van der Waals surface area contributed by atoms with Crippen molar-refractivity contribution in [1.29, 1.82) is 0 Å². The summed E-state index contributed by atoms with van der Waals surface area (Å²) in [6, 6.07) is 15.4. The molecule has 0 amide bonds. The molecule has 0 aliphatic heterocycles. The highest BCUT2D eigenvalue weighted by atomic mass is 32.1. The number of thiazole rings is 1. The van der Waals surface area contributed by atoms with Gasteiger partial charge in [0.25, 0.3) is 5.19 Å². The van der Waals surface area contributed by atoms with Crippen LogP contribution >= 0.6 is 11.3 Å². The number of nitrogens with zero attached hydrogens (tertiary/aromatic N) is 3. The summed E-state index contributed by atoms with van der Waals surface area (Å²) in [6.45, 7) is 0.729. The topological polar surface area (TPSA) is 69.2 Å². The lowest BCUT2D eigenvalue weighted by atomic mass is 10.2. The van der Waals surface area contributed by atoms with Crippen molar-refractivity contribution in [3.8, 4) is 16.7 Å². The molecule has 6 nitrogen and oxygen atoms in total. The van der Waals surface area contributed by atoms with E-state index in [0.717, 1.165) is 46.9 Å². The Labute approximate surface area is 160 Å². The van der Waals surface area contributed by atoms with Gasteiger partial charge in [0, 0.05) is 23.7 Å².